The third-order valence-corrected chi connectivity index (χ3v) is 3.95. The Labute approximate surface area is 128 Å². The number of aromatic nitrogens is 1. The second-order valence-corrected chi connectivity index (χ2v) is 5.71. The number of carbonyl (C=O) groups is 3. The van der Waals surface area contributed by atoms with Gasteiger partial charge in [-0.25, -0.2) is 4.98 Å². The molecular formula is C13H13BrN2O5. The van der Waals surface area contributed by atoms with Crippen molar-refractivity contribution in [3.63, 3.8) is 0 Å². The van der Waals surface area contributed by atoms with Crippen LogP contribution in [-0.4, -0.2) is 51.0 Å². The number of carbonyl (C=O) groups excluding carboxylic acids is 1. The molecule has 1 aromatic rings. The first-order valence-electron chi connectivity index (χ1n) is 6.26. The zero-order valence-corrected chi connectivity index (χ0v) is 12.5. The van der Waals surface area contributed by atoms with Gasteiger partial charge in [0.15, 0.2) is 0 Å². The number of nitrogens with zero attached hydrogens (tertiary/aromatic N) is 2. The SMILES string of the molecule is O=C(O)C1CCN(C(=O)c2ccc(Br)cn2)CC1C(=O)O. The molecule has 0 spiro atoms. The maximum atomic E-state index is 12.3. The van der Waals surface area contributed by atoms with E-state index in [9.17, 15) is 14.4 Å². The Morgan fingerprint density at radius 2 is 1.86 bits per heavy atom. The minimum atomic E-state index is -1.20. The third-order valence-electron chi connectivity index (χ3n) is 3.48. The highest BCUT2D eigenvalue weighted by atomic mass is 79.9. The van der Waals surface area contributed by atoms with E-state index in [0.29, 0.717) is 0 Å². The lowest BCUT2D eigenvalue weighted by Crippen LogP contribution is -2.48. The minimum Gasteiger partial charge on any atom is -0.481 e. The third kappa shape index (κ3) is 3.38. The Kier molecular flexibility index (Phi) is 4.56. The van der Waals surface area contributed by atoms with Crippen molar-refractivity contribution >= 4 is 33.8 Å². The summed E-state index contributed by atoms with van der Waals surface area (Å²) >= 11 is 3.21. The van der Waals surface area contributed by atoms with Crippen LogP contribution in [0, 0.1) is 11.8 Å². The lowest BCUT2D eigenvalue weighted by molar-refractivity contribution is -0.156. The molecule has 1 saturated heterocycles. The molecule has 7 nitrogen and oxygen atoms in total. The molecule has 2 heterocycles. The highest BCUT2D eigenvalue weighted by Crippen LogP contribution is 2.25. The number of amides is 1. The van der Waals surface area contributed by atoms with Crippen LogP contribution in [0.1, 0.15) is 16.9 Å². The number of aliphatic carboxylic acids is 2. The summed E-state index contributed by atoms with van der Waals surface area (Å²) in [5.74, 6) is -4.81. The van der Waals surface area contributed by atoms with Gasteiger partial charge >= 0.3 is 11.9 Å². The van der Waals surface area contributed by atoms with Crippen LogP contribution < -0.4 is 0 Å². The summed E-state index contributed by atoms with van der Waals surface area (Å²) in [5, 5.41) is 18.2. The van der Waals surface area contributed by atoms with Gasteiger partial charge in [-0.05, 0) is 34.5 Å². The fourth-order valence-electron chi connectivity index (χ4n) is 2.35. The van der Waals surface area contributed by atoms with Crippen molar-refractivity contribution in [2.24, 2.45) is 11.8 Å². The predicted octanol–water partition coefficient (Wildman–Crippen LogP) is 1.09. The van der Waals surface area contributed by atoms with Crippen LogP contribution in [0.2, 0.25) is 0 Å². The lowest BCUT2D eigenvalue weighted by Gasteiger charge is -2.34. The summed E-state index contributed by atoms with van der Waals surface area (Å²) in [7, 11) is 0. The standard InChI is InChI=1S/C13H13BrN2O5/c14-7-1-2-10(15-5-7)11(17)16-4-3-8(12(18)19)9(6-16)13(20)21/h1-2,5,8-9H,3-4,6H2,(H,18,19)(H,20,21). The first-order chi connectivity index (χ1) is 9.90. The molecule has 112 valence electrons. The molecule has 0 radical (unpaired) electrons. The number of carboxylic acids is 2. The Morgan fingerprint density at radius 1 is 1.19 bits per heavy atom. The molecule has 0 aromatic carbocycles. The molecule has 0 saturated carbocycles. The molecule has 1 fully saturated rings. The van der Waals surface area contributed by atoms with Crippen molar-refractivity contribution in [3.05, 3.63) is 28.5 Å². The van der Waals surface area contributed by atoms with E-state index < -0.39 is 29.7 Å². The summed E-state index contributed by atoms with van der Waals surface area (Å²) < 4.78 is 0.729. The van der Waals surface area contributed by atoms with E-state index in [2.05, 4.69) is 20.9 Å². The number of hydrogen-bond donors (Lipinski definition) is 2. The maximum Gasteiger partial charge on any atom is 0.309 e. The van der Waals surface area contributed by atoms with Crippen molar-refractivity contribution < 1.29 is 24.6 Å². The first kappa shape index (κ1) is 15.4. The monoisotopic (exact) mass is 356 g/mol. The van der Waals surface area contributed by atoms with E-state index in [1.807, 2.05) is 0 Å². The normalized spacial score (nSPS) is 21.9. The number of rotatable bonds is 3. The minimum absolute atomic E-state index is 0.120. The summed E-state index contributed by atoms with van der Waals surface area (Å²) in [6, 6.07) is 3.20. The van der Waals surface area contributed by atoms with E-state index >= 15 is 0 Å². The van der Waals surface area contributed by atoms with E-state index in [1.54, 1.807) is 6.07 Å². The van der Waals surface area contributed by atoms with Gasteiger partial charge in [0.05, 0.1) is 11.8 Å². The van der Waals surface area contributed by atoms with E-state index in [1.165, 1.54) is 17.2 Å². The van der Waals surface area contributed by atoms with Crippen LogP contribution in [0.4, 0.5) is 0 Å². The molecule has 2 atom stereocenters. The van der Waals surface area contributed by atoms with Crippen molar-refractivity contribution in [1.29, 1.82) is 0 Å². The van der Waals surface area contributed by atoms with Gasteiger partial charge in [-0.1, -0.05) is 0 Å². The number of halogens is 1. The average Bonchev–Trinajstić information content (AvgIpc) is 2.46. The molecule has 1 aromatic heterocycles. The predicted molar refractivity (Wildman–Crippen MR) is 74.7 cm³/mol. The van der Waals surface area contributed by atoms with Gasteiger partial charge in [-0.3, -0.25) is 14.4 Å². The smallest absolute Gasteiger partial charge is 0.309 e. The molecule has 2 N–H and O–H groups in total. The van der Waals surface area contributed by atoms with E-state index in [0.717, 1.165) is 4.47 Å². The molecule has 1 aliphatic heterocycles. The summed E-state index contributed by atoms with van der Waals surface area (Å²) in [4.78, 5) is 39.8. The van der Waals surface area contributed by atoms with Crippen molar-refractivity contribution in [2.45, 2.75) is 6.42 Å². The number of likely N-dealkylation sites (tertiary alicyclic amines) is 1. The molecule has 21 heavy (non-hydrogen) atoms. The van der Waals surface area contributed by atoms with Crippen molar-refractivity contribution in [3.8, 4) is 0 Å². The van der Waals surface area contributed by atoms with Gasteiger partial charge in [0.1, 0.15) is 5.69 Å². The summed E-state index contributed by atoms with van der Waals surface area (Å²) in [6.45, 7) is 0.0835. The Hall–Kier alpha value is -1.96. The van der Waals surface area contributed by atoms with Crippen LogP contribution in [-0.2, 0) is 9.59 Å². The second kappa shape index (κ2) is 6.21. The molecule has 0 bridgehead atoms. The van der Waals surface area contributed by atoms with Crippen LogP contribution in [0.3, 0.4) is 0 Å². The van der Waals surface area contributed by atoms with Crippen LogP contribution >= 0.6 is 15.9 Å². The van der Waals surface area contributed by atoms with Crippen molar-refractivity contribution in [2.75, 3.05) is 13.1 Å². The number of hydrogen-bond acceptors (Lipinski definition) is 4. The number of pyridine rings is 1. The van der Waals surface area contributed by atoms with Crippen LogP contribution in [0.25, 0.3) is 0 Å². The van der Waals surface area contributed by atoms with Gasteiger partial charge in [0, 0.05) is 23.8 Å². The molecule has 1 aliphatic rings. The van der Waals surface area contributed by atoms with Gasteiger partial charge in [-0.2, -0.15) is 0 Å². The Balaban J connectivity index is 2.15. The van der Waals surface area contributed by atoms with Gasteiger partial charge in [-0.15, -0.1) is 0 Å². The van der Waals surface area contributed by atoms with Gasteiger partial charge in [0.25, 0.3) is 5.91 Å². The Bertz CT molecular complexity index is 574. The van der Waals surface area contributed by atoms with Crippen molar-refractivity contribution in [1.82, 2.24) is 9.88 Å². The topological polar surface area (TPSA) is 108 Å². The number of piperidine rings is 1. The molecule has 2 unspecified atom stereocenters. The van der Waals surface area contributed by atoms with Gasteiger partial charge < -0.3 is 15.1 Å². The van der Waals surface area contributed by atoms with E-state index in [4.69, 9.17) is 10.2 Å². The summed E-state index contributed by atoms with van der Waals surface area (Å²) in [6.07, 6.45) is 1.60. The fraction of sp³-hybridized carbons (Fsp3) is 0.385. The highest BCUT2D eigenvalue weighted by molar-refractivity contribution is 9.10. The highest BCUT2D eigenvalue weighted by Gasteiger charge is 2.40. The lowest BCUT2D eigenvalue weighted by atomic mass is 9.85. The average molecular weight is 357 g/mol. The second-order valence-electron chi connectivity index (χ2n) is 4.79. The molecule has 0 aliphatic carbocycles. The zero-order chi connectivity index (χ0) is 15.6. The molecule has 2 rings (SSSR count). The Morgan fingerprint density at radius 3 is 2.38 bits per heavy atom. The molecular weight excluding hydrogens is 344 g/mol. The van der Waals surface area contributed by atoms with Crippen LogP contribution in [0.15, 0.2) is 22.8 Å². The van der Waals surface area contributed by atoms with Gasteiger partial charge in [0.2, 0.25) is 0 Å². The first-order valence-corrected chi connectivity index (χ1v) is 7.06. The quantitative estimate of drug-likeness (QED) is 0.839. The zero-order valence-electron chi connectivity index (χ0n) is 10.9. The molecule has 8 heteroatoms. The van der Waals surface area contributed by atoms with Crippen LogP contribution in [0.5, 0.6) is 0 Å². The maximum absolute atomic E-state index is 12.3. The largest absolute Gasteiger partial charge is 0.481 e. The fourth-order valence-corrected chi connectivity index (χ4v) is 2.58. The molecule has 1 amide bonds. The summed E-state index contributed by atoms with van der Waals surface area (Å²) in [5.41, 5.74) is 0.205. The van der Waals surface area contributed by atoms with E-state index in [-0.39, 0.29) is 25.2 Å². The number of carboxylic acid groups (broad SMARTS) is 2.